The summed E-state index contributed by atoms with van der Waals surface area (Å²) in [7, 11) is 0. The van der Waals surface area contributed by atoms with E-state index in [0.29, 0.717) is 11.2 Å². The van der Waals surface area contributed by atoms with E-state index in [1.54, 1.807) is 5.51 Å². The van der Waals surface area contributed by atoms with E-state index in [1.807, 2.05) is 17.0 Å². The number of benzene rings is 1. The Morgan fingerprint density at radius 3 is 2.89 bits per heavy atom. The third-order valence-corrected chi connectivity index (χ3v) is 3.89. The molecule has 1 aromatic heterocycles. The molecule has 1 aliphatic heterocycles. The maximum absolute atomic E-state index is 11.3. The average Bonchev–Trinajstić information content (AvgIpc) is 2.86. The fraction of sp³-hybridized carbons (Fsp3) is 0.364. The molecular formula is C11H12N4O2S. The van der Waals surface area contributed by atoms with Gasteiger partial charge in [0.1, 0.15) is 5.69 Å². The molecular weight excluding hydrogens is 252 g/mol. The lowest BCUT2D eigenvalue weighted by molar-refractivity contribution is -0.382. The Balaban J connectivity index is 2.14. The van der Waals surface area contributed by atoms with Crippen molar-refractivity contribution in [1.29, 1.82) is 0 Å². The number of nitrogens with zero attached hydrogens (tertiary/aromatic N) is 3. The summed E-state index contributed by atoms with van der Waals surface area (Å²) in [6.07, 6.45) is 0. The van der Waals surface area contributed by atoms with Crippen molar-refractivity contribution in [2.75, 3.05) is 31.1 Å². The van der Waals surface area contributed by atoms with Gasteiger partial charge >= 0.3 is 5.69 Å². The van der Waals surface area contributed by atoms with Crippen LogP contribution in [0.25, 0.3) is 10.2 Å². The van der Waals surface area contributed by atoms with Crippen LogP contribution in [0.15, 0.2) is 17.6 Å². The van der Waals surface area contributed by atoms with Gasteiger partial charge in [0.2, 0.25) is 0 Å². The second-order valence-electron chi connectivity index (χ2n) is 4.13. The lowest BCUT2D eigenvalue weighted by Gasteiger charge is -2.28. The molecule has 1 N–H and O–H groups in total. The van der Waals surface area contributed by atoms with E-state index >= 15 is 0 Å². The van der Waals surface area contributed by atoms with Gasteiger partial charge in [0, 0.05) is 26.2 Å². The number of piperazine rings is 1. The Bertz CT molecular complexity index is 592. The van der Waals surface area contributed by atoms with Crippen LogP contribution in [-0.4, -0.2) is 36.1 Å². The molecule has 3 rings (SSSR count). The highest BCUT2D eigenvalue weighted by Gasteiger charge is 2.25. The standard InChI is InChI=1S/C11H12N4O2S/c16-15(17)11-8(14-5-3-12-4-6-14)1-2-9-10(11)13-7-18-9/h1-2,7,12H,3-6H2. The van der Waals surface area contributed by atoms with Gasteiger partial charge in [-0.05, 0) is 12.1 Å². The van der Waals surface area contributed by atoms with Crippen molar-refractivity contribution < 1.29 is 4.92 Å². The number of thiazole rings is 1. The Morgan fingerprint density at radius 2 is 2.17 bits per heavy atom. The normalized spacial score (nSPS) is 16.1. The van der Waals surface area contributed by atoms with Gasteiger partial charge in [-0.1, -0.05) is 0 Å². The molecule has 0 aliphatic carbocycles. The SMILES string of the molecule is O=[N+]([O-])c1c(N2CCNCC2)ccc2scnc12. The maximum Gasteiger partial charge on any atom is 0.319 e. The zero-order chi connectivity index (χ0) is 12.5. The molecule has 2 heterocycles. The van der Waals surface area contributed by atoms with Gasteiger partial charge in [-0.3, -0.25) is 10.1 Å². The van der Waals surface area contributed by atoms with Gasteiger partial charge in [0.15, 0.2) is 5.52 Å². The van der Waals surface area contributed by atoms with Gasteiger partial charge in [-0.15, -0.1) is 11.3 Å². The number of nitro benzene ring substituents is 1. The molecule has 1 aliphatic rings. The van der Waals surface area contributed by atoms with E-state index in [4.69, 9.17) is 0 Å². The molecule has 0 bridgehead atoms. The number of nitro groups is 1. The van der Waals surface area contributed by atoms with Crippen molar-refractivity contribution in [2.24, 2.45) is 0 Å². The average molecular weight is 264 g/mol. The van der Waals surface area contributed by atoms with Crippen LogP contribution in [0.2, 0.25) is 0 Å². The fourth-order valence-corrected chi connectivity index (χ4v) is 2.93. The first-order chi connectivity index (χ1) is 8.77. The molecule has 94 valence electrons. The minimum Gasteiger partial charge on any atom is -0.363 e. The summed E-state index contributed by atoms with van der Waals surface area (Å²) in [6, 6.07) is 3.75. The van der Waals surface area contributed by atoms with Gasteiger partial charge in [-0.25, -0.2) is 4.98 Å². The highest BCUT2D eigenvalue weighted by Crippen LogP contribution is 2.36. The zero-order valence-electron chi connectivity index (χ0n) is 9.63. The van der Waals surface area contributed by atoms with Crippen LogP contribution >= 0.6 is 11.3 Å². The minimum atomic E-state index is -0.320. The monoisotopic (exact) mass is 264 g/mol. The van der Waals surface area contributed by atoms with Gasteiger partial charge in [0.05, 0.1) is 15.1 Å². The van der Waals surface area contributed by atoms with Crippen LogP contribution in [-0.2, 0) is 0 Å². The molecule has 0 saturated carbocycles. The molecule has 7 heteroatoms. The summed E-state index contributed by atoms with van der Waals surface area (Å²) in [5.41, 5.74) is 2.97. The number of aromatic nitrogens is 1. The second-order valence-corrected chi connectivity index (χ2v) is 5.01. The van der Waals surface area contributed by atoms with E-state index in [2.05, 4.69) is 10.3 Å². The quantitative estimate of drug-likeness (QED) is 0.659. The van der Waals surface area contributed by atoms with E-state index in [0.717, 1.165) is 30.9 Å². The predicted molar refractivity (Wildman–Crippen MR) is 71.4 cm³/mol. The van der Waals surface area contributed by atoms with Crippen molar-refractivity contribution >= 4 is 32.9 Å². The molecule has 18 heavy (non-hydrogen) atoms. The largest absolute Gasteiger partial charge is 0.363 e. The Labute approximate surface area is 107 Å². The number of nitrogens with one attached hydrogen (secondary N) is 1. The lowest BCUT2D eigenvalue weighted by Crippen LogP contribution is -2.43. The molecule has 1 saturated heterocycles. The van der Waals surface area contributed by atoms with Crippen molar-refractivity contribution in [1.82, 2.24) is 10.3 Å². The van der Waals surface area contributed by atoms with E-state index in [1.165, 1.54) is 11.3 Å². The summed E-state index contributed by atoms with van der Waals surface area (Å²) in [5.74, 6) is 0. The van der Waals surface area contributed by atoms with Crippen LogP contribution in [0.3, 0.4) is 0 Å². The minimum absolute atomic E-state index is 0.135. The van der Waals surface area contributed by atoms with Gasteiger partial charge in [0.25, 0.3) is 0 Å². The second kappa shape index (κ2) is 4.51. The van der Waals surface area contributed by atoms with Crippen molar-refractivity contribution in [3.05, 3.63) is 27.8 Å². The fourth-order valence-electron chi connectivity index (χ4n) is 2.25. The van der Waals surface area contributed by atoms with Gasteiger partial charge in [-0.2, -0.15) is 0 Å². The molecule has 0 spiro atoms. The predicted octanol–water partition coefficient (Wildman–Crippen LogP) is 1.61. The van der Waals surface area contributed by atoms with Crippen molar-refractivity contribution in [3.8, 4) is 0 Å². The summed E-state index contributed by atoms with van der Waals surface area (Å²) < 4.78 is 0.862. The van der Waals surface area contributed by atoms with Crippen LogP contribution in [0.4, 0.5) is 11.4 Å². The Morgan fingerprint density at radius 1 is 1.39 bits per heavy atom. The molecule has 2 aromatic rings. The van der Waals surface area contributed by atoms with E-state index < -0.39 is 0 Å². The lowest BCUT2D eigenvalue weighted by atomic mass is 10.2. The molecule has 0 unspecified atom stereocenters. The summed E-state index contributed by atoms with van der Waals surface area (Å²) >= 11 is 1.43. The zero-order valence-corrected chi connectivity index (χ0v) is 10.4. The van der Waals surface area contributed by atoms with Gasteiger partial charge < -0.3 is 10.2 Å². The Hall–Kier alpha value is -1.73. The van der Waals surface area contributed by atoms with Crippen molar-refractivity contribution in [2.45, 2.75) is 0 Å². The summed E-state index contributed by atoms with van der Waals surface area (Å²) in [4.78, 5) is 17.2. The smallest absolute Gasteiger partial charge is 0.319 e. The maximum atomic E-state index is 11.3. The summed E-state index contributed by atoms with van der Waals surface area (Å²) in [5, 5.41) is 14.5. The van der Waals surface area contributed by atoms with Crippen LogP contribution < -0.4 is 10.2 Å². The van der Waals surface area contributed by atoms with Crippen LogP contribution in [0.1, 0.15) is 0 Å². The first-order valence-corrected chi connectivity index (χ1v) is 6.61. The highest BCUT2D eigenvalue weighted by atomic mass is 32.1. The molecule has 1 fully saturated rings. The topological polar surface area (TPSA) is 71.3 Å². The first kappa shape index (κ1) is 11.4. The Kier molecular flexibility index (Phi) is 2.85. The van der Waals surface area contributed by atoms with Crippen LogP contribution in [0.5, 0.6) is 0 Å². The molecule has 1 aromatic carbocycles. The number of fused-ring (bicyclic) bond motifs is 1. The van der Waals surface area contributed by atoms with E-state index in [-0.39, 0.29) is 10.6 Å². The molecule has 0 amide bonds. The van der Waals surface area contributed by atoms with Crippen LogP contribution in [0, 0.1) is 10.1 Å². The molecule has 0 atom stereocenters. The highest BCUT2D eigenvalue weighted by molar-refractivity contribution is 7.16. The van der Waals surface area contributed by atoms with Crippen molar-refractivity contribution in [3.63, 3.8) is 0 Å². The van der Waals surface area contributed by atoms with E-state index in [9.17, 15) is 10.1 Å². The molecule has 0 radical (unpaired) electrons. The number of hydrogen-bond donors (Lipinski definition) is 1. The number of rotatable bonds is 2. The third-order valence-electron chi connectivity index (χ3n) is 3.09. The number of hydrogen-bond acceptors (Lipinski definition) is 6. The molecule has 6 nitrogen and oxygen atoms in total. The first-order valence-electron chi connectivity index (χ1n) is 5.73. The third kappa shape index (κ3) is 1.81. The number of anilines is 1. The summed E-state index contributed by atoms with van der Waals surface area (Å²) in [6.45, 7) is 3.28.